The van der Waals surface area contributed by atoms with Crippen LogP contribution in [0.3, 0.4) is 0 Å². The largest absolute Gasteiger partial charge is 0.494 e. The van der Waals surface area contributed by atoms with Gasteiger partial charge in [0.25, 0.3) is 0 Å². The first-order valence-electron chi connectivity index (χ1n) is 11.7. The van der Waals surface area contributed by atoms with E-state index in [4.69, 9.17) is 4.74 Å². The van der Waals surface area contributed by atoms with Gasteiger partial charge in [-0.15, -0.1) is 10.2 Å². The molecule has 9 nitrogen and oxygen atoms in total. The fraction of sp³-hybridized carbons (Fsp3) is 0.458. The predicted molar refractivity (Wildman–Crippen MR) is 123 cm³/mol. The Hall–Kier alpha value is -3.95. The van der Waals surface area contributed by atoms with Gasteiger partial charge in [-0.25, -0.2) is 4.39 Å². The van der Waals surface area contributed by atoms with E-state index < -0.39 is 17.8 Å². The van der Waals surface area contributed by atoms with Gasteiger partial charge in [0.2, 0.25) is 11.7 Å². The number of carbonyl (C=O) groups excluding carboxylic acids is 1. The molecule has 2 atom stereocenters. The Morgan fingerprint density at radius 2 is 2.00 bits per heavy atom. The van der Waals surface area contributed by atoms with Crippen molar-refractivity contribution in [3.05, 3.63) is 41.4 Å². The van der Waals surface area contributed by atoms with Crippen molar-refractivity contribution in [2.45, 2.75) is 32.6 Å². The van der Waals surface area contributed by atoms with Gasteiger partial charge in [-0.05, 0) is 24.5 Å². The minimum absolute atomic E-state index is 0.0281. The van der Waals surface area contributed by atoms with E-state index in [0.29, 0.717) is 36.1 Å². The SMILES string of the molecule is COc1ccc2c(N3CCC(C(=O)N4CCn5c(nnc5C(F)(F)F)C4)C(C)C3)c(C#N)cnc2c1F. The lowest BCUT2D eigenvalue weighted by molar-refractivity contribution is -0.148. The van der Waals surface area contributed by atoms with Gasteiger partial charge in [-0.1, -0.05) is 6.92 Å². The third kappa shape index (κ3) is 4.20. The summed E-state index contributed by atoms with van der Waals surface area (Å²) in [6.45, 7) is 2.85. The zero-order valence-corrected chi connectivity index (χ0v) is 20.1. The first kappa shape index (κ1) is 24.7. The number of amides is 1. The number of rotatable bonds is 3. The average Bonchev–Trinajstić information content (AvgIpc) is 3.32. The molecule has 1 aromatic carbocycles. The Labute approximate surface area is 209 Å². The van der Waals surface area contributed by atoms with E-state index in [9.17, 15) is 27.6 Å². The molecule has 4 heterocycles. The molecule has 5 rings (SSSR count). The maximum atomic E-state index is 14.9. The fourth-order valence-electron chi connectivity index (χ4n) is 5.28. The van der Waals surface area contributed by atoms with Crippen molar-refractivity contribution < 1.29 is 27.1 Å². The molecule has 1 amide bonds. The number of nitriles is 1. The van der Waals surface area contributed by atoms with Gasteiger partial charge < -0.3 is 19.1 Å². The number of benzene rings is 1. The number of piperidine rings is 1. The van der Waals surface area contributed by atoms with Crippen LogP contribution in [0.4, 0.5) is 23.2 Å². The minimum atomic E-state index is -4.60. The highest BCUT2D eigenvalue weighted by Gasteiger charge is 2.41. The maximum absolute atomic E-state index is 14.9. The Kier molecular flexibility index (Phi) is 6.13. The third-order valence-electron chi connectivity index (χ3n) is 7.11. The number of hydrogen-bond acceptors (Lipinski definition) is 7. The van der Waals surface area contributed by atoms with Crippen molar-refractivity contribution in [1.82, 2.24) is 24.6 Å². The standard InChI is InChI=1S/C24H23F4N7O2/c1-13-11-33(21-14(9-29)10-30-20-16(21)3-4-17(37-2)19(20)25)6-5-15(13)22(36)34-7-8-35-18(12-34)31-32-23(35)24(26,27)28/h3-4,10,13,15H,5-8,11-12H2,1-2H3. The maximum Gasteiger partial charge on any atom is 0.451 e. The topological polar surface area (TPSA) is 100 Å². The molecule has 0 bridgehead atoms. The molecular formula is C24H23F4N7O2. The number of carbonyl (C=O) groups is 1. The Morgan fingerprint density at radius 3 is 2.68 bits per heavy atom. The van der Waals surface area contributed by atoms with Crippen LogP contribution >= 0.6 is 0 Å². The summed E-state index contributed by atoms with van der Waals surface area (Å²) >= 11 is 0. The first-order valence-corrected chi connectivity index (χ1v) is 11.7. The van der Waals surface area contributed by atoms with Crippen molar-refractivity contribution in [2.24, 2.45) is 11.8 Å². The van der Waals surface area contributed by atoms with Gasteiger partial charge in [0.05, 0.1) is 24.9 Å². The van der Waals surface area contributed by atoms with Crippen LogP contribution in [0, 0.1) is 29.0 Å². The summed E-state index contributed by atoms with van der Waals surface area (Å²) in [5, 5.41) is 17.1. The molecule has 1 saturated heterocycles. The molecule has 3 aromatic rings. The summed E-state index contributed by atoms with van der Waals surface area (Å²) in [5.41, 5.74) is 0.942. The second-order valence-electron chi connectivity index (χ2n) is 9.28. The van der Waals surface area contributed by atoms with Crippen LogP contribution in [0.25, 0.3) is 10.9 Å². The summed E-state index contributed by atoms with van der Waals surface area (Å²) in [6, 6.07) is 5.28. The van der Waals surface area contributed by atoms with Crippen LogP contribution in [0.2, 0.25) is 0 Å². The molecule has 0 aliphatic carbocycles. The van der Waals surface area contributed by atoms with Gasteiger partial charge >= 0.3 is 6.18 Å². The molecule has 1 fully saturated rings. The number of aromatic nitrogens is 4. The van der Waals surface area contributed by atoms with Gasteiger partial charge in [0.15, 0.2) is 17.4 Å². The molecule has 2 aliphatic heterocycles. The number of fused-ring (bicyclic) bond motifs is 2. The van der Waals surface area contributed by atoms with Crippen LogP contribution in [0.15, 0.2) is 18.3 Å². The monoisotopic (exact) mass is 517 g/mol. The number of methoxy groups -OCH3 is 1. The molecule has 2 aromatic heterocycles. The lowest BCUT2D eigenvalue weighted by Gasteiger charge is -2.40. The van der Waals surface area contributed by atoms with E-state index in [1.807, 2.05) is 11.8 Å². The Bertz CT molecular complexity index is 1410. The molecule has 194 valence electrons. The van der Waals surface area contributed by atoms with E-state index in [0.717, 1.165) is 4.57 Å². The smallest absolute Gasteiger partial charge is 0.451 e. The van der Waals surface area contributed by atoms with E-state index in [1.54, 1.807) is 6.07 Å². The molecule has 13 heteroatoms. The van der Waals surface area contributed by atoms with Crippen molar-refractivity contribution in [2.75, 3.05) is 31.6 Å². The molecule has 0 radical (unpaired) electrons. The highest BCUT2D eigenvalue weighted by Crippen LogP contribution is 2.38. The normalized spacial score (nSPS) is 20.0. The van der Waals surface area contributed by atoms with E-state index >= 15 is 0 Å². The minimum Gasteiger partial charge on any atom is -0.494 e. The highest BCUT2D eigenvalue weighted by molar-refractivity contribution is 5.95. The highest BCUT2D eigenvalue weighted by atomic mass is 19.4. The van der Waals surface area contributed by atoms with E-state index in [-0.39, 0.29) is 54.5 Å². The summed E-state index contributed by atoms with van der Waals surface area (Å²) < 4.78 is 60.3. The second kappa shape index (κ2) is 9.17. The summed E-state index contributed by atoms with van der Waals surface area (Å²) in [6.07, 6.45) is -2.81. The quantitative estimate of drug-likeness (QED) is 0.491. The van der Waals surface area contributed by atoms with Crippen molar-refractivity contribution >= 4 is 22.5 Å². The summed E-state index contributed by atoms with van der Waals surface area (Å²) in [5.74, 6) is -2.15. The number of nitrogens with zero attached hydrogens (tertiary/aromatic N) is 7. The summed E-state index contributed by atoms with van der Waals surface area (Å²) in [4.78, 5) is 21.0. The number of halogens is 4. The molecule has 2 unspecified atom stereocenters. The number of anilines is 1. The summed E-state index contributed by atoms with van der Waals surface area (Å²) in [7, 11) is 1.36. The predicted octanol–water partition coefficient (Wildman–Crippen LogP) is 3.37. The van der Waals surface area contributed by atoms with Gasteiger partial charge in [0.1, 0.15) is 11.6 Å². The average molecular weight is 517 g/mol. The van der Waals surface area contributed by atoms with Crippen LogP contribution in [0.1, 0.15) is 30.6 Å². The number of alkyl halides is 3. The van der Waals surface area contributed by atoms with Crippen molar-refractivity contribution in [3.63, 3.8) is 0 Å². The number of hydrogen-bond donors (Lipinski definition) is 0. The van der Waals surface area contributed by atoms with Crippen LogP contribution in [-0.2, 0) is 24.1 Å². The van der Waals surface area contributed by atoms with Gasteiger partial charge in [-0.2, -0.15) is 18.4 Å². The molecule has 0 N–H and O–H groups in total. The molecule has 37 heavy (non-hydrogen) atoms. The van der Waals surface area contributed by atoms with E-state index in [2.05, 4.69) is 21.3 Å². The Morgan fingerprint density at radius 1 is 1.22 bits per heavy atom. The number of pyridine rings is 1. The van der Waals surface area contributed by atoms with Crippen LogP contribution < -0.4 is 9.64 Å². The molecule has 0 saturated carbocycles. The fourth-order valence-corrected chi connectivity index (χ4v) is 5.28. The first-order chi connectivity index (χ1) is 17.6. The molecular weight excluding hydrogens is 494 g/mol. The van der Waals surface area contributed by atoms with Crippen LogP contribution in [0.5, 0.6) is 5.75 Å². The zero-order valence-electron chi connectivity index (χ0n) is 20.1. The van der Waals surface area contributed by atoms with Crippen LogP contribution in [-0.4, -0.2) is 57.3 Å². The van der Waals surface area contributed by atoms with Gasteiger partial charge in [0, 0.05) is 43.7 Å². The lowest BCUT2D eigenvalue weighted by Crippen LogP contribution is -2.49. The third-order valence-corrected chi connectivity index (χ3v) is 7.11. The lowest BCUT2D eigenvalue weighted by atomic mass is 9.85. The molecule has 2 aliphatic rings. The number of ether oxygens (including phenoxy) is 1. The second-order valence-corrected chi connectivity index (χ2v) is 9.28. The van der Waals surface area contributed by atoms with Crippen molar-refractivity contribution in [3.8, 4) is 11.8 Å². The van der Waals surface area contributed by atoms with Gasteiger partial charge in [-0.3, -0.25) is 9.78 Å². The van der Waals surface area contributed by atoms with Crippen molar-refractivity contribution in [1.29, 1.82) is 5.26 Å². The van der Waals surface area contributed by atoms with E-state index in [1.165, 1.54) is 24.3 Å². The Balaban J connectivity index is 1.36. The molecule has 0 spiro atoms. The zero-order chi connectivity index (χ0) is 26.5.